The first-order valence-corrected chi connectivity index (χ1v) is 7.90. The van der Waals surface area contributed by atoms with Gasteiger partial charge in [-0.15, -0.1) is 0 Å². The Kier molecular flexibility index (Phi) is 3.73. The maximum absolute atomic E-state index is 12.7. The number of hydrogen-bond acceptors (Lipinski definition) is 3. The lowest BCUT2D eigenvalue weighted by molar-refractivity contribution is 0.0812. The predicted molar refractivity (Wildman–Crippen MR) is 86.2 cm³/mol. The van der Waals surface area contributed by atoms with Crippen molar-refractivity contribution in [3.05, 3.63) is 34.6 Å². The summed E-state index contributed by atoms with van der Waals surface area (Å²) in [5.74, 6) is 0.149. The molecular formula is C18H23NO3. The van der Waals surface area contributed by atoms with E-state index in [0.29, 0.717) is 5.76 Å². The fraction of sp³-hybridized carbons (Fsp3) is 0.500. The molecule has 3 rings (SSSR count). The summed E-state index contributed by atoms with van der Waals surface area (Å²) in [5, 5.41) is 13.7. The Bertz CT molecular complexity index is 723. The summed E-state index contributed by atoms with van der Waals surface area (Å²) in [6, 6.07) is 4.06. The summed E-state index contributed by atoms with van der Waals surface area (Å²) in [6.07, 6.45) is 3.73. The van der Waals surface area contributed by atoms with Crippen molar-refractivity contribution in [2.24, 2.45) is 0 Å². The Hall–Kier alpha value is -1.81. The van der Waals surface area contributed by atoms with Gasteiger partial charge in [0.15, 0.2) is 5.76 Å². The van der Waals surface area contributed by atoms with E-state index in [1.54, 1.807) is 0 Å². The number of nitrogens with one attached hydrogen (secondary N) is 1. The summed E-state index contributed by atoms with van der Waals surface area (Å²) in [4.78, 5) is 12.7. The zero-order valence-electron chi connectivity index (χ0n) is 13.5. The van der Waals surface area contributed by atoms with Gasteiger partial charge in [-0.05, 0) is 44.7 Å². The Balaban J connectivity index is 2.00. The van der Waals surface area contributed by atoms with E-state index in [1.165, 1.54) is 0 Å². The zero-order valence-corrected chi connectivity index (χ0v) is 13.5. The van der Waals surface area contributed by atoms with Crippen molar-refractivity contribution >= 4 is 16.9 Å². The molecule has 4 nitrogen and oxygen atoms in total. The van der Waals surface area contributed by atoms with Gasteiger partial charge in [0, 0.05) is 10.9 Å². The van der Waals surface area contributed by atoms with Gasteiger partial charge in [-0.25, -0.2) is 0 Å². The third kappa shape index (κ3) is 2.31. The first-order valence-electron chi connectivity index (χ1n) is 7.90. The lowest BCUT2D eigenvalue weighted by Crippen LogP contribution is -2.49. The van der Waals surface area contributed by atoms with Crippen molar-refractivity contribution in [3.8, 4) is 0 Å². The van der Waals surface area contributed by atoms with E-state index in [2.05, 4.69) is 5.32 Å². The van der Waals surface area contributed by atoms with Gasteiger partial charge in [0.25, 0.3) is 5.91 Å². The molecule has 2 aromatic rings. The molecule has 0 atom stereocenters. The molecule has 1 amide bonds. The fourth-order valence-electron chi connectivity index (χ4n) is 3.56. The van der Waals surface area contributed by atoms with Gasteiger partial charge < -0.3 is 14.8 Å². The summed E-state index contributed by atoms with van der Waals surface area (Å²) < 4.78 is 5.88. The molecule has 0 radical (unpaired) electrons. The molecule has 1 aliphatic rings. The second-order valence-electron chi connectivity index (χ2n) is 6.56. The number of aliphatic hydroxyl groups excluding tert-OH is 1. The molecule has 0 bridgehead atoms. The summed E-state index contributed by atoms with van der Waals surface area (Å²) >= 11 is 0. The van der Waals surface area contributed by atoms with E-state index in [9.17, 15) is 9.90 Å². The zero-order chi connectivity index (χ0) is 15.9. The fourth-order valence-corrected chi connectivity index (χ4v) is 3.56. The highest BCUT2D eigenvalue weighted by molar-refractivity contribution is 6.00. The number of benzene rings is 1. The van der Waals surface area contributed by atoms with Crippen LogP contribution in [0.3, 0.4) is 0 Å². The highest BCUT2D eigenvalue weighted by atomic mass is 16.3. The van der Waals surface area contributed by atoms with Gasteiger partial charge in [-0.1, -0.05) is 25.0 Å². The number of hydrogen-bond donors (Lipinski definition) is 2. The Labute approximate surface area is 130 Å². The predicted octanol–water partition coefficient (Wildman–Crippen LogP) is 3.39. The SMILES string of the molecule is Cc1ccc(C)c2c(C)c(C(=O)NC3(CO)CCCC3)oc12. The molecule has 0 spiro atoms. The van der Waals surface area contributed by atoms with Gasteiger partial charge in [0.2, 0.25) is 0 Å². The molecule has 1 aliphatic carbocycles. The van der Waals surface area contributed by atoms with Crippen LogP contribution in [0.4, 0.5) is 0 Å². The van der Waals surface area contributed by atoms with Crippen molar-refractivity contribution in [2.45, 2.75) is 52.0 Å². The smallest absolute Gasteiger partial charge is 0.287 e. The van der Waals surface area contributed by atoms with Crippen molar-refractivity contribution in [2.75, 3.05) is 6.61 Å². The highest BCUT2D eigenvalue weighted by Crippen LogP contribution is 2.33. The molecule has 1 aromatic heterocycles. The first-order chi connectivity index (χ1) is 10.5. The van der Waals surface area contributed by atoms with E-state index < -0.39 is 5.54 Å². The number of fused-ring (bicyclic) bond motifs is 1. The second-order valence-corrected chi connectivity index (χ2v) is 6.56. The summed E-state index contributed by atoms with van der Waals surface area (Å²) in [7, 11) is 0. The van der Waals surface area contributed by atoms with Crippen LogP contribution in [0, 0.1) is 20.8 Å². The van der Waals surface area contributed by atoms with E-state index in [0.717, 1.165) is 53.3 Å². The van der Waals surface area contributed by atoms with Crippen LogP contribution in [-0.4, -0.2) is 23.2 Å². The molecule has 118 valence electrons. The average molecular weight is 301 g/mol. The van der Waals surface area contributed by atoms with Crippen molar-refractivity contribution in [1.82, 2.24) is 5.32 Å². The van der Waals surface area contributed by atoms with Crippen LogP contribution >= 0.6 is 0 Å². The minimum absolute atomic E-state index is 0.0178. The molecule has 4 heteroatoms. The largest absolute Gasteiger partial charge is 0.450 e. The first kappa shape index (κ1) is 15.1. The Morgan fingerprint density at radius 3 is 2.45 bits per heavy atom. The van der Waals surface area contributed by atoms with Crippen molar-refractivity contribution < 1.29 is 14.3 Å². The Morgan fingerprint density at radius 2 is 1.86 bits per heavy atom. The molecule has 1 heterocycles. The summed E-state index contributed by atoms with van der Waals surface area (Å²) in [6.45, 7) is 5.92. The standard InChI is InChI=1S/C18H23NO3/c1-11-6-7-12(2)15-14(11)13(3)16(22-15)17(21)19-18(10-20)8-4-5-9-18/h6-7,20H,4-5,8-10H2,1-3H3,(H,19,21). The Morgan fingerprint density at radius 1 is 1.23 bits per heavy atom. The van der Waals surface area contributed by atoms with Crippen LogP contribution in [0.15, 0.2) is 16.5 Å². The van der Waals surface area contributed by atoms with Gasteiger partial charge in [-0.2, -0.15) is 0 Å². The quantitative estimate of drug-likeness (QED) is 0.913. The van der Waals surface area contributed by atoms with E-state index in [1.807, 2.05) is 32.9 Å². The third-order valence-corrected chi connectivity index (χ3v) is 4.93. The van der Waals surface area contributed by atoms with Gasteiger partial charge in [0.05, 0.1) is 12.1 Å². The van der Waals surface area contributed by atoms with Crippen LogP contribution in [0.1, 0.15) is 52.9 Å². The molecule has 0 unspecified atom stereocenters. The van der Waals surface area contributed by atoms with Crippen LogP contribution in [0.25, 0.3) is 11.0 Å². The molecule has 0 saturated heterocycles. The monoisotopic (exact) mass is 301 g/mol. The van der Waals surface area contributed by atoms with E-state index in [-0.39, 0.29) is 12.5 Å². The maximum atomic E-state index is 12.7. The van der Waals surface area contributed by atoms with Gasteiger partial charge in [-0.3, -0.25) is 4.79 Å². The molecule has 0 aliphatic heterocycles. The normalized spacial score (nSPS) is 17.1. The molecule has 22 heavy (non-hydrogen) atoms. The molecule has 1 fully saturated rings. The van der Waals surface area contributed by atoms with E-state index in [4.69, 9.17) is 4.42 Å². The van der Waals surface area contributed by atoms with Crippen LogP contribution in [0.5, 0.6) is 0 Å². The number of furan rings is 1. The van der Waals surface area contributed by atoms with E-state index >= 15 is 0 Å². The van der Waals surface area contributed by atoms with Crippen LogP contribution in [-0.2, 0) is 0 Å². The van der Waals surface area contributed by atoms with Gasteiger partial charge >= 0.3 is 0 Å². The molecule has 2 N–H and O–H groups in total. The number of amides is 1. The number of rotatable bonds is 3. The average Bonchev–Trinajstić information content (AvgIpc) is 3.09. The lowest BCUT2D eigenvalue weighted by atomic mass is 9.98. The topological polar surface area (TPSA) is 62.5 Å². The number of carbonyl (C=O) groups excluding carboxylic acids is 1. The highest BCUT2D eigenvalue weighted by Gasteiger charge is 2.36. The minimum Gasteiger partial charge on any atom is -0.450 e. The molecule has 1 aromatic carbocycles. The minimum atomic E-state index is -0.480. The maximum Gasteiger partial charge on any atom is 0.287 e. The lowest BCUT2D eigenvalue weighted by Gasteiger charge is -2.27. The molecular weight excluding hydrogens is 278 g/mol. The number of aryl methyl sites for hydroxylation is 3. The van der Waals surface area contributed by atoms with Gasteiger partial charge in [0.1, 0.15) is 5.58 Å². The van der Waals surface area contributed by atoms with Crippen molar-refractivity contribution in [3.63, 3.8) is 0 Å². The molecule has 1 saturated carbocycles. The number of carbonyl (C=O) groups is 1. The van der Waals surface area contributed by atoms with Crippen molar-refractivity contribution in [1.29, 1.82) is 0 Å². The third-order valence-electron chi connectivity index (χ3n) is 4.93. The van der Waals surface area contributed by atoms with Crippen LogP contribution in [0.2, 0.25) is 0 Å². The van der Waals surface area contributed by atoms with Crippen LogP contribution < -0.4 is 5.32 Å². The second kappa shape index (κ2) is 5.43. The summed E-state index contributed by atoms with van der Waals surface area (Å²) in [5.41, 5.74) is 3.32. The number of aliphatic hydroxyl groups is 1.